The van der Waals surface area contributed by atoms with Crippen LogP contribution >= 0.6 is 0 Å². The van der Waals surface area contributed by atoms with Gasteiger partial charge in [0.1, 0.15) is 23.9 Å². The minimum atomic E-state index is -4.55. The number of hydrogen-bond acceptors (Lipinski definition) is 5. The summed E-state index contributed by atoms with van der Waals surface area (Å²) < 4.78 is 74.0. The number of aromatic nitrogens is 1. The number of sulfonamides is 1. The van der Waals surface area contributed by atoms with Crippen LogP contribution in [-0.2, 0) is 27.6 Å². The van der Waals surface area contributed by atoms with Crippen LogP contribution in [0.25, 0.3) is 10.9 Å². The molecule has 1 amide bonds. The molecule has 0 spiro atoms. The molecule has 1 aliphatic rings. The van der Waals surface area contributed by atoms with E-state index in [0.717, 1.165) is 6.07 Å². The average Bonchev–Trinajstić information content (AvgIpc) is 3.32. The van der Waals surface area contributed by atoms with Gasteiger partial charge in [-0.2, -0.15) is 17.5 Å². The predicted octanol–water partition coefficient (Wildman–Crippen LogP) is 4.04. The van der Waals surface area contributed by atoms with E-state index in [9.17, 15) is 26.4 Å². The van der Waals surface area contributed by atoms with Crippen LogP contribution in [-0.4, -0.2) is 43.2 Å². The van der Waals surface area contributed by atoms with Gasteiger partial charge in [-0.25, -0.2) is 13.4 Å². The SMILES string of the molecule is CNC(=O)[C@@H]1CCCN1S(=O)(=O)c1cccc(COc2cccc3c(C(F)(F)F)cc(C)nc23)c1. The van der Waals surface area contributed by atoms with Crippen molar-refractivity contribution in [3.8, 4) is 5.75 Å². The maximum absolute atomic E-state index is 13.5. The molecule has 2 heterocycles. The topological polar surface area (TPSA) is 88.6 Å². The van der Waals surface area contributed by atoms with Crippen molar-refractivity contribution >= 4 is 26.8 Å². The average molecular weight is 508 g/mol. The van der Waals surface area contributed by atoms with Crippen molar-refractivity contribution in [2.75, 3.05) is 13.6 Å². The molecule has 0 aliphatic carbocycles. The van der Waals surface area contributed by atoms with Gasteiger partial charge in [0.25, 0.3) is 0 Å². The zero-order chi connectivity index (χ0) is 25.4. The molecule has 7 nitrogen and oxygen atoms in total. The Labute approximate surface area is 201 Å². The third kappa shape index (κ3) is 4.96. The lowest BCUT2D eigenvalue weighted by atomic mass is 10.1. The Balaban J connectivity index is 1.61. The number of nitrogens with one attached hydrogen (secondary N) is 1. The summed E-state index contributed by atoms with van der Waals surface area (Å²) in [4.78, 5) is 16.4. The molecule has 186 valence electrons. The lowest BCUT2D eigenvalue weighted by Crippen LogP contribution is -2.44. The second-order valence-corrected chi connectivity index (χ2v) is 10.2. The quantitative estimate of drug-likeness (QED) is 0.544. The maximum Gasteiger partial charge on any atom is 0.417 e. The van der Waals surface area contributed by atoms with Crippen LogP contribution in [0.5, 0.6) is 5.75 Å². The fourth-order valence-electron chi connectivity index (χ4n) is 4.25. The smallest absolute Gasteiger partial charge is 0.417 e. The Morgan fingerprint density at radius 2 is 1.94 bits per heavy atom. The minimum absolute atomic E-state index is 0.0145. The third-order valence-corrected chi connectivity index (χ3v) is 7.79. The first-order chi connectivity index (χ1) is 16.5. The fourth-order valence-corrected chi connectivity index (χ4v) is 5.98. The molecule has 11 heteroatoms. The normalized spacial score (nSPS) is 17.0. The molecule has 4 rings (SSSR count). The number of rotatable bonds is 6. The van der Waals surface area contributed by atoms with Crippen LogP contribution in [0.2, 0.25) is 0 Å². The standard InChI is InChI=1S/C24H24F3N3O4S/c1-15-12-19(24(25,26)27)18-8-4-10-21(22(18)29-15)34-14-16-6-3-7-17(13-16)35(32,33)30-11-5-9-20(30)23(31)28-2/h3-4,6-8,10,12-13,20H,5,9,11,14H2,1-2H3,(H,28,31)/t20-/m0/s1. The summed E-state index contributed by atoms with van der Waals surface area (Å²) in [6.07, 6.45) is -3.53. The molecule has 2 aromatic carbocycles. The monoisotopic (exact) mass is 507 g/mol. The van der Waals surface area contributed by atoms with E-state index >= 15 is 0 Å². The molecule has 1 aromatic heterocycles. The van der Waals surface area contributed by atoms with Crippen LogP contribution in [0.1, 0.15) is 29.7 Å². The molecule has 1 N–H and O–H groups in total. The minimum Gasteiger partial charge on any atom is -0.487 e. The van der Waals surface area contributed by atoms with Gasteiger partial charge in [0, 0.05) is 24.7 Å². The summed E-state index contributed by atoms with van der Waals surface area (Å²) in [5.41, 5.74) is -0.0170. The van der Waals surface area contributed by atoms with Crippen LogP contribution in [0.15, 0.2) is 53.4 Å². The number of nitrogens with zero attached hydrogens (tertiary/aromatic N) is 2. The number of benzene rings is 2. The number of para-hydroxylation sites is 1. The van der Waals surface area contributed by atoms with Gasteiger partial charge in [-0.3, -0.25) is 4.79 Å². The Morgan fingerprint density at radius 1 is 1.20 bits per heavy atom. The van der Waals surface area contributed by atoms with E-state index in [1.807, 2.05) is 0 Å². The molecule has 1 aliphatic heterocycles. The molecule has 1 atom stereocenters. The number of alkyl halides is 3. The lowest BCUT2D eigenvalue weighted by molar-refractivity contribution is -0.136. The Bertz CT molecular complexity index is 1380. The summed E-state index contributed by atoms with van der Waals surface area (Å²) in [6.45, 7) is 1.63. The van der Waals surface area contributed by atoms with Gasteiger partial charge in [0.15, 0.2) is 0 Å². The van der Waals surface area contributed by atoms with Gasteiger partial charge in [-0.05, 0) is 49.6 Å². The number of pyridine rings is 1. The number of halogens is 3. The first-order valence-electron chi connectivity index (χ1n) is 10.9. The van der Waals surface area contributed by atoms with Gasteiger partial charge in [0.05, 0.1) is 10.5 Å². The lowest BCUT2D eigenvalue weighted by Gasteiger charge is -2.23. The molecule has 0 bridgehead atoms. The summed E-state index contributed by atoms with van der Waals surface area (Å²) >= 11 is 0. The first-order valence-corrected chi connectivity index (χ1v) is 12.4. The van der Waals surface area contributed by atoms with E-state index in [0.29, 0.717) is 18.4 Å². The largest absolute Gasteiger partial charge is 0.487 e. The van der Waals surface area contributed by atoms with Crippen molar-refractivity contribution in [3.63, 3.8) is 0 Å². The van der Waals surface area contributed by atoms with E-state index < -0.39 is 27.8 Å². The molecule has 1 fully saturated rings. The zero-order valence-corrected chi connectivity index (χ0v) is 19.9. The van der Waals surface area contributed by atoms with E-state index in [2.05, 4.69) is 10.3 Å². The van der Waals surface area contributed by atoms with Crippen molar-refractivity contribution < 1.29 is 31.1 Å². The van der Waals surface area contributed by atoms with Gasteiger partial charge >= 0.3 is 6.18 Å². The molecule has 35 heavy (non-hydrogen) atoms. The van der Waals surface area contributed by atoms with E-state index in [1.54, 1.807) is 12.1 Å². The summed E-state index contributed by atoms with van der Waals surface area (Å²) in [5.74, 6) is -0.202. The number of amides is 1. The summed E-state index contributed by atoms with van der Waals surface area (Å²) in [7, 11) is -2.47. The highest BCUT2D eigenvalue weighted by Gasteiger charge is 2.39. The van der Waals surface area contributed by atoms with E-state index in [1.165, 1.54) is 48.6 Å². The van der Waals surface area contributed by atoms with Crippen LogP contribution in [0.4, 0.5) is 13.2 Å². The van der Waals surface area contributed by atoms with Crippen molar-refractivity contribution in [3.05, 3.63) is 65.4 Å². The van der Waals surface area contributed by atoms with Gasteiger partial charge in [-0.1, -0.05) is 24.3 Å². The highest BCUT2D eigenvalue weighted by Crippen LogP contribution is 2.37. The zero-order valence-electron chi connectivity index (χ0n) is 19.1. The maximum atomic E-state index is 13.5. The number of hydrogen-bond donors (Lipinski definition) is 1. The number of carbonyl (C=O) groups is 1. The summed E-state index contributed by atoms with van der Waals surface area (Å²) in [5, 5.41) is 2.42. The van der Waals surface area contributed by atoms with Crippen LogP contribution < -0.4 is 10.1 Å². The van der Waals surface area contributed by atoms with Gasteiger partial charge in [-0.15, -0.1) is 0 Å². The van der Waals surface area contributed by atoms with Gasteiger partial charge < -0.3 is 10.1 Å². The van der Waals surface area contributed by atoms with Crippen LogP contribution in [0.3, 0.4) is 0 Å². The Hall–Kier alpha value is -3.18. The van der Waals surface area contributed by atoms with Crippen molar-refractivity contribution in [2.45, 2.75) is 43.5 Å². The number of fused-ring (bicyclic) bond motifs is 1. The molecule has 3 aromatic rings. The Kier molecular flexibility index (Phi) is 6.74. The highest BCUT2D eigenvalue weighted by molar-refractivity contribution is 7.89. The number of ether oxygens (including phenoxy) is 1. The second kappa shape index (κ2) is 9.46. The highest BCUT2D eigenvalue weighted by atomic mass is 32.2. The molecule has 0 unspecified atom stereocenters. The first kappa shape index (κ1) is 24.9. The van der Waals surface area contributed by atoms with Crippen molar-refractivity contribution in [2.24, 2.45) is 0 Å². The van der Waals surface area contributed by atoms with Crippen molar-refractivity contribution in [1.29, 1.82) is 0 Å². The fraction of sp³-hybridized carbons (Fsp3) is 0.333. The molecular formula is C24H24F3N3O4S. The summed E-state index contributed by atoms with van der Waals surface area (Å²) in [6, 6.07) is 10.6. The van der Waals surface area contributed by atoms with Crippen LogP contribution in [0, 0.1) is 6.92 Å². The third-order valence-electron chi connectivity index (χ3n) is 5.89. The molecule has 0 saturated carbocycles. The molecule has 1 saturated heterocycles. The predicted molar refractivity (Wildman–Crippen MR) is 123 cm³/mol. The second-order valence-electron chi connectivity index (χ2n) is 8.29. The number of aryl methyl sites for hydroxylation is 1. The molecule has 0 radical (unpaired) electrons. The Morgan fingerprint density at radius 3 is 2.66 bits per heavy atom. The number of likely N-dealkylation sites (N-methyl/N-ethyl adjacent to an activating group) is 1. The van der Waals surface area contributed by atoms with E-state index in [-0.39, 0.29) is 46.3 Å². The van der Waals surface area contributed by atoms with Crippen molar-refractivity contribution in [1.82, 2.24) is 14.6 Å². The van der Waals surface area contributed by atoms with E-state index in [4.69, 9.17) is 4.74 Å². The van der Waals surface area contributed by atoms with Gasteiger partial charge in [0.2, 0.25) is 15.9 Å². The molecular weight excluding hydrogens is 483 g/mol. The number of carbonyl (C=O) groups excluding carboxylic acids is 1.